The zero-order valence-corrected chi connectivity index (χ0v) is 21.0. The first-order valence-corrected chi connectivity index (χ1v) is 12.5. The molecule has 9 heteroatoms. The molecule has 0 spiro atoms. The van der Waals surface area contributed by atoms with Crippen molar-refractivity contribution in [2.75, 3.05) is 26.3 Å². The maximum Gasteiger partial charge on any atom is 0.257 e. The lowest BCUT2D eigenvalue weighted by molar-refractivity contribution is -0.132. The van der Waals surface area contributed by atoms with Gasteiger partial charge in [0.15, 0.2) is 6.61 Å². The van der Waals surface area contributed by atoms with Crippen LogP contribution in [-0.4, -0.2) is 53.0 Å². The molecule has 37 heavy (non-hydrogen) atoms. The molecule has 2 aromatic carbocycles. The van der Waals surface area contributed by atoms with E-state index in [4.69, 9.17) is 9.47 Å². The normalized spacial score (nSPS) is 17.5. The monoisotopic (exact) mass is 502 g/mol. The molecule has 1 aromatic heterocycles. The molecule has 0 aliphatic carbocycles. The Morgan fingerprint density at radius 1 is 1.11 bits per heavy atom. The molecule has 3 aliphatic heterocycles. The number of nitrogens with zero attached hydrogens (tertiary/aromatic N) is 2. The molecule has 0 saturated heterocycles. The SMILES string of the molecule is Cc1nc(C)c(CC(=O)N2CCc3cc4ccc3C2c2cccc(c2)OCCCNC(=O)CO4)c(=O)[nH]1. The molecule has 3 aliphatic rings. The molecule has 2 amide bonds. The van der Waals surface area contributed by atoms with Crippen LogP contribution in [0.2, 0.25) is 0 Å². The number of aromatic amines is 1. The molecule has 192 valence electrons. The third-order valence-corrected chi connectivity index (χ3v) is 6.79. The summed E-state index contributed by atoms with van der Waals surface area (Å²) in [5.74, 6) is 1.51. The van der Waals surface area contributed by atoms with Gasteiger partial charge in [-0.25, -0.2) is 4.98 Å². The molecule has 6 bridgehead atoms. The number of aromatic nitrogens is 2. The number of carbonyl (C=O) groups excluding carboxylic acids is 2. The number of carbonyl (C=O) groups is 2. The second-order valence-corrected chi connectivity index (χ2v) is 9.41. The average molecular weight is 503 g/mol. The number of aryl methyl sites for hydroxylation is 2. The van der Waals surface area contributed by atoms with E-state index in [0.29, 0.717) is 61.1 Å². The Kier molecular flexibility index (Phi) is 6.94. The lowest BCUT2D eigenvalue weighted by Gasteiger charge is -2.38. The van der Waals surface area contributed by atoms with Gasteiger partial charge in [0.2, 0.25) is 5.91 Å². The Hall–Kier alpha value is -4.14. The molecule has 2 N–H and O–H groups in total. The first kappa shape index (κ1) is 24.5. The highest BCUT2D eigenvalue weighted by atomic mass is 16.5. The van der Waals surface area contributed by atoms with Gasteiger partial charge in [-0.1, -0.05) is 18.2 Å². The average Bonchev–Trinajstić information content (AvgIpc) is 2.88. The van der Waals surface area contributed by atoms with E-state index in [1.165, 1.54) is 0 Å². The number of benzene rings is 2. The third kappa shape index (κ3) is 5.35. The van der Waals surface area contributed by atoms with Crippen molar-refractivity contribution >= 4 is 11.8 Å². The molecular weight excluding hydrogens is 472 g/mol. The highest BCUT2D eigenvalue weighted by Crippen LogP contribution is 2.38. The molecule has 9 nitrogen and oxygen atoms in total. The summed E-state index contributed by atoms with van der Waals surface area (Å²) in [4.78, 5) is 47.3. The number of fused-ring (bicyclic) bond motifs is 8. The molecule has 6 rings (SSSR count). The number of hydrogen-bond donors (Lipinski definition) is 2. The van der Waals surface area contributed by atoms with E-state index in [0.717, 1.165) is 16.7 Å². The number of H-pyrrole nitrogens is 1. The highest BCUT2D eigenvalue weighted by molar-refractivity contribution is 5.80. The molecule has 0 radical (unpaired) electrons. The van der Waals surface area contributed by atoms with Gasteiger partial charge < -0.3 is 24.7 Å². The van der Waals surface area contributed by atoms with Gasteiger partial charge in [-0.3, -0.25) is 14.4 Å². The fourth-order valence-electron chi connectivity index (χ4n) is 5.00. The van der Waals surface area contributed by atoms with Crippen molar-refractivity contribution in [3.8, 4) is 11.5 Å². The maximum atomic E-state index is 13.7. The minimum absolute atomic E-state index is 0.0349. The van der Waals surface area contributed by atoms with E-state index in [1.807, 2.05) is 47.4 Å². The molecule has 1 unspecified atom stereocenters. The van der Waals surface area contributed by atoms with E-state index in [9.17, 15) is 14.4 Å². The van der Waals surface area contributed by atoms with Gasteiger partial charge >= 0.3 is 0 Å². The smallest absolute Gasteiger partial charge is 0.257 e. The van der Waals surface area contributed by atoms with E-state index in [2.05, 4.69) is 15.3 Å². The predicted molar refractivity (Wildman–Crippen MR) is 137 cm³/mol. The fraction of sp³-hybridized carbons (Fsp3) is 0.357. The number of nitrogens with one attached hydrogen (secondary N) is 2. The molecule has 0 saturated carbocycles. The van der Waals surface area contributed by atoms with Gasteiger partial charge in [-0.15, -0.1) is 0 Å². The van der Waals surface area contributed by atoms with Crippen molar-refractivity contribution in [2.45, 2.75) is 39.2 Å². The van der Waals surface area contributed by atoms with Crippen LogP contribution in [0, 0.1) is 13.8 Å². The van der Waals surface area contributed by atoms with Crippen LogP contribution in [-0.2, 0) is 22.4 Å². The van der Waals surface area contributed by atoms with Gasteiger partial charge in [-0.05, 0) is 67.6 Å². The van der Waals surface area contributed by atoms with Crippen molar-refractivity contribution < 1.29 is 19.1 Å². The maximum absolute atomic E-state index is 13.7. The van der Waals surface area contributed by atoms with Crippen LogP contribution < -0.4 is 20.3 Å². The Labute approximate surface area is 214 Å². The van der Waals surface area contributed by atoms with E-state index < -0.39 is 0 Å². The molecule has 4 heterocycles. The lowest BCUT2D eigenvalue weighted by atomic mass is 9.87. The summed E-state index contributed by atoms with van der Waals surface area (Å²) < 4.78 is 11.7. The molecule has 1 atom stereocenters. The Morgan fingerprint density at radius 2 is 1.95 bits per heavy atom. The summed E-state index contributed by atoms with van der Waals surface area (Å²) in [6.45, 7) is 4.82. The van der Waals surface area contributed by atoms with Crippen LogP contribution in [0.1, 0.15) is 46.2 Å². The quantitative estimate of drug-likeness (QED) is 0.556. The van der Waals surface area contributed by atoms with Gasteiger partial charge in [-0.2, -0.15) is 0 Å². The number of ether oxygens (including phenoxy) is 2. The predicted octanol–water partition coefficient (Wildman–Crippen LogP) is 2.38. The van der Waals surface area contributed by atoms with Crippen LogP contribution in [0.15, 0.2) is 47.3 Å². The van der Waals surface area contributed by atoms with Crippen LogP contribution in [0.5, 0.6) is 11.5 Å². The van der Waals surface area contributed by atoms with E-state index in [1.54, 1.807) is 13.8 Å². The van der Waals surface area contributed by atoms with Crippen molar-refractivity contribution in [1.82, 2.24) is 20.2 Å². The number of rotatable bonds is 2. The first-order chi connectivity index (χ1) is 17.9. The summed E-state index contributed by atoms with van der Waals surface area (Å²) in [6.07, 6.45) is 1.24. The summed E-state index contributed by atoms with van der Waals surface area (Å²) in [5.41, 5.74) is 3.62. The minimum Gasteiger partial charge on any atom is -0.494 e. The van der Waals surface area contributed by atoms with Gasteiger partial charge in [0, 0.05) is 24.3 Å². The molecular formula is C28H30N4O5. The Balaban J connectivity index is 1.54. The fourth-order valence-corrected chi connectivity index (χ4v) is 5.00. The van der Waals surface area contributed by atoms with Gasteiger partial charge in [0.05, 0.1) is 19.1 Å². The van der Waals surface area contributed by atoms with Crippen LogP contribution >= 0.6 is 0 Å². The van der Waals surface area contributed by atoms with E-state index in [-0.39, 0.29) is 36.4 Å². The second-order valence-electron chi connectivity index (χ2n) is 9.41. The molecule has 3 aromatic rings. The third-order valence-electron chi connectivity index (χ3n) is 6.79. The second kappa shape index (κ2) is 10.5. The van der Waals surface area contributed by atoms with Crippen molar-refractivity contribution in [2.24, 2.45) is 0 Å². The standard InChI is InChI=1S/C28H30N4O5/c1-17-24(28(35)31-18(2)30-17)15-26(34)32-11-9-19-13-22-7-8-23(19)27(32)20-5-3-6-21(14-20)36-12-4-10-29-25(33)16-37-22/h3,5-8,13-14,27H,4,9-12,15-16H2,1-2H3,(H,29,33)(H,30,31,35). The number of amides is 2. The Morgan fingerprint density at radius 3 is 2.78 bits per heavy atom. The van der Waals surface area contributed by atoms with Crippen LogP contribution in [0.4, 0.5) is 0 Å². The summed E-state index contributed by atoms with van der Waals surface area (Å²) in [7, 11) is 0. The minimum atomic E-state index is -0.358. The van der Waals surface area contributed by atoms with Crippen molar-refractivity contribution in [3.63, 3.8) is 0 Å². The summed E-state index contributed by atoms with van der Waals surface area (Å²) >= 11 is 0. The van der Waals surface area contributed by atoms with Gasteiger partial charge in [0.25, 0.3) is 11.5 Å². The zero-order chi connectivity index (χ0) is 25.9. The topological polar surface area (TPSA) is 114 Å². The van der Waals surface area contributed by atoms with Crippen molar-refractivity contribution in [3.05, 3.63) is 86.6 Å². The van der Waals surface area contributed by atoms with Gasteiger partial charge in [0.1, 0.15) is 17.3 Å². The van der Waals surface area contributed by atoms with Crippen LogP contribution in [0.25, 0.3) is 0 Å². The highest BCUT2D eigenvalue weighted by Gasteiger charge is 2.33. The number of hydrogen-bond acceptors (Lipinski definition) is 6. The van der Waals surface area contributed by atoms with E-state index >= 15 is 0 Å². The van der Waals surface area contributed by atoms with Crippen LogP contribution in [0.3, 0.4) is 0 Å². The first-order valence-electron chi connectivity index (χ1n) is 12.5. The zero-order valence-electron chi connectivity index (χ0n) is 21.0. The lowest BCUT2D eigenvalue weighted by Crippen LogP contribution is -2.42. The molecule has 0 fully saturated rings. The summed E-state index contributed by atoms with van der Waals surface area (Å²) in [6, 6.07) is 13.1. The summed E-state index contributed by atoms with van der Waals surface area (Å²) in [5, 5.41) is 2.84. The largest absolute Gasteiger partial charge is 0.494 e. The Bertz CT molecular complexity index is 1400. The van der Waals surface area contributed by atoms with Crippen molar-refractivity contribution in [1.29, 1.82) is 0 Å².